The van der Waals surface area contributed by atoms with Crippen LogP contribution in [0.4, 0.5) is 0 Å². The van der Waals surface area contributed by atoms with Gasteiger partial charge >= 0.3 is 5.97 Å². The van der Waals surface area contributed by atoms with Gasteiger partial charge in [-0.3, -0.25) is 9.69 Å². The van der Waals surface area contributed by atoms with Gasteiger partial charge in [-0.05, 0) is 33.3 Å². The Labute approximate surface area is 203 Å². The summed E-state index contributed by atoms with van der Waals surface area (Å²) in [6.07, 6.45) is 0. The van der Waals surface area contributed by atoms with E-state index in [1.165, 1.54) is 0 Å². The molecule has 0 saturated carbocycles. The van der Waals surface area contributed by atoms with Gasteiger partial charge in [0.1, 0.15) is 11.3 Å². The number of hydrogen-bond acceptors (Lipinski definition) is 8. The number of aromatic nitrogens is 3. The zero-order valence-electron chi connectivity index (χ0n) is 20.3. The van der Waals surface area contributed by atoms with Crippen molar-refractivity contribution in [2.45, 2.75) is 39.8 Å². The maximum Gasteiger partial charge on any atom is 0.312 e. The van der Waals surface area contributed by atoms with Crippen molar-refractivity contribution in [3.8, 4) is 34.3 Å². The van der Waals surface area contributed by atoms with Crippen LogP contribution in [0, 0.1) is 12.8 Å². The average molecular weight is 473 g/mol. The predicted octanol–water partition coefficient (Wildman–Crippen LogP) is 5.14. The second kappa shape index (κ2) is 9.11. The quantitative estimate of drug-likeness (QED) is 0.356. The van der Waals surface area contributed by atoms with Crippen LogP contribution in [0.1, 0.15) is 31.9 Å². The van der Waals surface area contributed by atoms with E-state index in [1.807, 2.05) is 82.3 Å². The van der Waals surface area contributed by atoms with Gasteiger partial charge in [-0.15, -0.1) is 0 Å². The Bertz CT molecular complexity index is 1310. The van der Waals surface area contributed by atoms with Gasteiger partial charge in [0.15, 0.2) is 0 Å². The molecule has 1 aliphatic heterocycles. The van der Waals surface area contributed by atoms with Crippen LogP contribution < -0.4 is 0 Å². The molecular weight excluding hydrogens is 444 g/mol. The predicted molar refractivity (Wildman–Crippen MR) is 130 cm³/mol. The number of esters is 1. The zero-order chi connectivity index (χ0) is 24.6. The molecule has 3 heterocycles. The first-order valence-corrected chi connectivity index (χ1v) is 11.7. The number of hydrogen-bond donors (Lipinski definition) is 0. The van der Waals surface area contributed by atoms with Crippen molar-refractivity contribution in [1.82, 2.24) is 20.2 Å². The van der Waals surface area contributed by atoms with Crippen molar-refractivity contribution < 1.29 is 18.6 Å². The number of carbonyl (C=O) groups excluding carboxylic acids is 1. The molecule has 0 aliphatic carbocycles. The van der Waals surface area contributed by atoms with E-state index < -0.39 is 5.60 Å². The summed E-state index contributed by atoms with van der Waals surface area (Å²) >= 11 is 0. The summed E-state index contributed by atoms with van der Waals surface area (Å²) in [5, 5.41) is 8.32. The standard InChI is InChI=1S/C27H28N4O4/c1-17-22(19-8-6-5-7-9-19)29-34-23(17)25-28-24(30-35-25)20-12-10-18(11-13-20)14-31-15-21(16-31)26(32)33-27(2,3)4/h5-13,21H,14-16H2,1-4H3. The fourth-order valence-corrected chi connectivity index (χ4v) is 4.08. The first kappa shape index (κ1) is 23.0. The molecular formula is C27H28N4O4. The molecule has 0 atom stereocenters. The molecule has 1 saturated heterocycles. The molecule has 0 unspecified atom stereocenters. The molecule has 35 heavy (non-hydrogen) atoms. The third-order valence-corrected chi connectivity index (χ3v) is 5.91. The molecule has 5 rings (SSSR count). The number of likely N-dealkylation sites (tertiary alicyclic amines) is 1. The molecule has 0 radical (unpaired) electrons. The Kier molecular flexibility index (Phi) is 5.98. The second-order valence-electron chi connectivity index (χ2n) is 9.90. The van der Waals surface area contributed by atoms with Gasteiger partial charge in [-0.25, -0.2) is 0 Å². The minimum atomic E-state index is -0.446. The largest absolute Gasteiger partial charge is 0.460 e. The van der Waals surface area contributed by atoms with Crippen LogP contribution in [0.3, 0.4) is 0 Å². The van der Waals surface area contributed by atoms with E-state index in [0.29, 0.717) is 30.6 Å². The lowest BCUT2D eigenvalue weighted by Gasteiger charge is -2.38. The molecule has 0 spiro atoms. The summed E-state index contributed by atoms with van der Waals surface area (Å²) in [5.74, 6) is 1.09. The highest BCUT2D eigenvalue weighted by atomic mass is 16.6. The lowest BCUT2D eigenvalue weighted by Crippen LogP contribution is -2.51. The third kappa shape index (κ3) is 5.02. The van der Waals surface area contributed by atoms with Crippen molar-refractivity contribution in [1.29, 1.82) is 0 Å². The normalized spacial score (nSPS) is 14.6. The molecule has 180 valence electrons. The fourth-order valence-electron chi connectivity index (χ4n) is 4.08. The van der Waals surface area contributed by atoms with Crippen LogP contribution in [0.2, 0.25) is 0 Å². The minimum absolute atomic E-state index is 0.0480. The Morgan fingerprint density at radius 3 is 2.40 bits per heavy atom. The number of benzene rings is 2. The van der Waals surface area contributed by atoms with E-state index >= 15 is 0 Å². The van der Waals surface area contributed by atoms with Crippen LogP contribution in [0.25, 0.3) is 34.3 Å². The van der Waals surface area contributed by atoms with E-state index in [-0.39, 0.29) is 11.9 Å². The van der Waals surface area contributed by atoms with E-state index in [1.54, 1.807) is 0 Å². The van der Waals surface area contributed by atoms with E-state index in [9.17, 15) is 4.79 Å². The van der Waals surface area contributed by atoms with E-state index in [4.69, 9.17) is 13.8 Å². The average Bonchev–Trinajstić information content (AvgIpc) is 3.42. The third-order valence-electron chi connectivity index (χ3n) is 5.91. The van der Waals surface area contributed by atoms with Gasteiger partial charge in [0.25, 0.3) is 5.89 Å². The van der Waals surface area contributed by atoms with E-state index in [2.05, 4.69) is 20.2 Å². The van der Waals surface area contributed by atoms with Gasteiger partial charge in [-0.2, -0.15) is 4.98 Å². The molecule has 2 aromatic carbocycles. The number of carbonyl (C=O) groups is 1. The van der Waals surface area contributed by atoms with Crippen LogP contribution in [0.5, 0.6) is 0 Å². The highest BCUT2D eigenvalue weighted by molar-refractivity contribution is 5.74. The van der Waals surface area contributed by atoms with Crippen molar-refractivity contribution in [2.24, 2.45) is 5.92 Å². The van der Waals surface area contributed by atoms with Crippen molar-refractivity contribution in [2.75, 3.05) is 13.1 Å². The Hall–Kier alpha value is -3.78. The minimum Gasteiger partial charge on any atom is -0.460 e. The maximum absolute atomic E-state index is 12.2. The first-order chi connectivity index (χ1) is 16.8. The first-order valence-electron chi connectivity index (χ1n) is 11.7. The summed E-state index contributed by atoms with van der Waals surface area (Å²) < 4.78 is 16.5. The molecule has 8 nitrogen and oxygen atoms in total. The van der Waals surface area contributed by atoms with Crippen LogP contribution in [-0.2, 0) is 16.1 Å². The molecule has 0 bridgehead atoms. The topological polar surface area (TPSA) is 94.5 Å². The van der Waals surface area contributed by atoms with Gasteiger partial charge in [0.05, 0.1) is 5.92 Å². The summed E-state index contributed by atoms with van der Waals surface area (Å²) in [7, 11) is 0. The number of rotatable bonds is 6. The van der Waals surface area contributed by atoms with Crippen molar-refractivity contribution in [3.63, 3.8) is 0 Å². The summed E-state index contributed by atoms with van der Waals surface area (Å²) in [4.78, 5) is 18.9. The molecule has 8 heteroatoms. The van der Waals surface area contributed by atoms with E-state index in [0.717, 1.165) is 34.5 Å². The van der Waals surface area contributed by atoms with Gasteiger partial charge < -0.3 is 13.8 Å². The SMILES string of the molecule is Cc1c(-c2ccccc2)noc1-c1nc(-c2ccc(CN3CC(C(=O)OC(C)(C)C)C3)cc2)no1. The molecule has 0 amide bonds. The van der Waals surface area contributed by atoms with Crippen LogP contribution >= 0.6 is 0 Å². The summed E-state index contributed by atoms with van der Waals surface area (Å²) in [6.45, 7) is 9.81. The second-order valence-corrected chi connectivity index (χ2v) is 9.90. The Balaban J connectivity index is 1.21. The highest BCUT2D eigenvalue weighted by Gasteiger charge is 2.35. The molecule has 2 aromatic heterocycles. The molecule has 4 aromatic rings. The Morgan fingerprint density at radius 1 is 1.00 bits per heavy atom. The summed E-state index contributed by atoms with van der Waals surface area (Å²) in [6, 6.07) is 17.9. The molecule has 1 aliphatic rings. The summed E-state index contributed by atoms with van der Waals surface area (Å²) in [5.41, 5.74) is 4.12. The number of nitrogens with zero attached hydrogens (tertiary/aromatic N) is 4. The zero-order valence-corrected chi connectivity index (χ0v) is 20.3. The lowest BCUT2D eigenvalue weighted by molar-refractivity contribution is -0.166. The molecule has 1 fully saturated rings. The van der Waals surface area contributed by atoms with Gasteiger partial charge in [0, 0.05) is 36.3 Å². The molecule has 0 N–H and O–H groups in total. The van der Waals surface area contributed by atoms with Crippen LogP contribution in [-0.4, -0.2) is 44.9 Å². The Morgan fingerprint density at radius 2 is 1.71 bits per heavy atom. The lowest BCUT2D eigenvalue weighted by atomic mass is 9.98. The maximum atomic E-state index is 12.2. The smallest absolute Gasteiger partial charge is 0.312 e. The fraction of sp³-hybridized carbons (Fsp3) is 0.333. The van der Waals surface area contributed by atoms with Crippen molar-refractivity contribution in [3.05, 3.63) is 65.7 Å². The monoisotopic (exact) mass is 472 g/mol. The highest BCUT2D eigenvalue weighted by Crippen LogP contribution is 2.31. The van der Waals surface area contributed by atoms with Gasteiger partial charge in [0.2, 0.25) is 11.6 Å². The number of ether oxygens (including phenoxy) is 1. The van der Waals surface area contributed by atoms with Gasteiger partial charge in [-0.1, -0.05) is 64.9 Å². The van der Waals surface area contributed by atoms with Crippen molar-refractivity contribution >= 4 is 5.97 Å². The van der Waals surface area contributed by atoms with Crippen LogP contribution in [0.15, 0.2) is 63.6 Å².